The summed E-state index contributed by atoms with van der Waals surface area (Å²) in [6, 6.07) is 9.05. The number of nitrogens with two attached hydrogens (primary N) is 1. The third kappa shape index (κ3) is 4.31. The molecular weight excluding hydrogens is 256 g/mol. The van der Waals surface area contributed by atoms with E-state index in [1.165, 1.54) is 6.33 Å². The van der Waals surface area contributed by atoms with Gasteiger partial charge in [0.25, 0.3) is 0 Å². The molecule has 0 amide bonds. The zero-order valence-electron chi connectivity index (χ0n) is 11.4. The van der Waals surface area contributed by atoms with Gasteiger partial charge in [0, 0.05) is 11.8 Å². The lowest BCUT2D eigenvalue weighted by molar-refractivity contribution is 0.325. The van der Waals surface area contributed by atoms with Gasteiger partial charge in [-0.25, -0.2) is 9.97 Å². The minimum Gasteiger partial charge on any atom is -0.492 e. The van der Waals surface area contributed by atoms with Crippen LogP contribution in [0.5, 0.6) is 11.6 Å². The average Bonchev–Trinajstić information content (AvgIpc) is 2.46. The van der Waals surface area contributed by atoms with Gasteiger partial charge in [0.2, 0.25) is 5.88 Å². The fourth-order valence-corrected chi connectivity index (χ4v) is 1.57. The van der Waals surface area contributed by atoms with Crippen molar-refractivity contribution in [1.29, 1.82) is 0 Å². The number of ether oxygens (including phenoxy) is 2. The van der Waals surface area contributed by atoms with Crippen LogP contribution in [0, 0.1) is 0 Å². The summed E-state index contributed by atoms with van der Waals surface area (Å²) in [5.74, 6) is 2.06. The van der Waals surface area contributed by atoms with Gasteiger partial charge in [0.1, 0.15) is 24.5 Å². The first-order chi connectivity index (χ1) is 9.78. The van der Waals surface area contributed by atoms with Gasteiger partial charge in [-0.3, -0.25) is 0 Å². The van der Waals surface area contributed by atoms with Crippen molar-refractivity contribution < 1.29 is 9.47 Å². The molecule has 0 saturated heterocycles. The lowest BCUT2D eigenvalue weighted by Crippen LogP contribution is -2.12. The van der Waals surface area contributed by atoms with Crippen molar-refractivity contribution in [1.82, 2.24) is 9.97 Å². The van der Waals surface area contributed by atoms with E-state index in [9.17, 15) is 0 Å². The number of nitrogens with one attached hydrogen (secondary N) is 1. The summed E-state index contributed by atoms with van der Waals surface area (Å²) in [7, 11) is 0. The fraction of sp³-hybridized carbons (Fsp3) is 0.286. The number of benzene rings is 1. The first-order valence-electron chi connectivity index (χ1n) is 6.45. The zero-order chi connectivity index (χ0) is 14.2. The maximum Gasteiger partial charge on any atom is 0.218 e. The number of nitrogen functional groups attached to an aromatic ring is 1. The Labute approximate surface area is 118 Å². The van der Waals surface area contributed by atoms with Crippen LogP contribution in [0.15, 0.2) is 36.7 Å². The molecule has 2 rings (SSSR count). The molecule has 2 aromatic rings. The van der Waals surface area contributed by atoms with Crippen molar-refractivity contribution in [3.8, 4) is 11.6 Å². The third-order valence-electron chi connectivity index (χ3n) is 2.49. The standard InChI is InChI=1S/C14H18N4O2/c1-2-19-14-9-13(17-10-18-14)16-7-8-20-12-5-3-11(15)4-6-12/h3-6,9-10H,2,7-8,15H2,1H3,(H,16,17,18). The molecule has 0 aliphatic rings. The normalized spacial score (nSPS) is 10.1. The highest BCUT2D eigenvalue weighted by Gasteiger charge is 1.99. The number of aromatic nitrogens is 2. The molecule has 0 saturated carbocycles. The Bertz CT molecular complexity index is 531. The molecule has 0 unspecified atom stereocenters. The smallest absolute Gasteiger partial charge is 0.218 e. The number of hydrogen-bond donors (Lipinski definition) is 2. The number of rotatable bonds is 7. The van der Waals surface area contributed by atoms with E-state index >= 15 is 0 Å². The van der Waals surface area contributed by atoms with Crippen LogP contribution in [0.4, 0.5) is 11.5 Å². The number of anilines is 2. The van der Waals surface area contributed by atoms with Crippen molar-refractivity contribution in [2.75, 3.05) is 30.8 Å². The summed E-state index contributed by atoms with van der Waals surface area (Å²) in [5, 5.41) is 3.14. The van der Waals surface area contributed by atoms with Gasteiger partial charge >= 0.3 is 0 Å². The molecule has 1 aromatic carbocycles. The van der Waals surface area contributed by atoms with Gasteiger partial charge in [-0.15, -0.1) is 0 Å². The molecule has 0 aliphatic carbocycles. The minimum atomic E-state index is 0.526. The predicted molar refractivity (Wildman–Crippen MR) is 78.0 cm³/mol. The monoisotopic (exact) mass is 274 g/mol. The van der Waals surface area contributed by atoms with Crippen molar-refractivity contribution in [3.63, 3.8) is 0 Å². The summed E-state index contributed by atoms with van der Waals surface area (Å²) < 4.78 is 10.9. The first-order valence-corrected chi connectivity index (χ1v) is 6.45. The lowest BCUT2D eigenvalue weighted by Gasteiger charge is -2.09. The van der Waals surface area contributed by atoms with Crippen LogP contribution in [-0.4, -0.2) is 29.7 Å². The molecule has 3 N–H and O–H groups in total. The zero-order valence-corrected chi connectivity index (χ0v) is 11.4. The maximum atomic E-state index is 5.60. The molecule has 0 radical (unpaired) electrons. The average molecular weight is 274 g/mol. The predicted octanol–water partition coefficient (Wildman–Crippen LogP) is 1.95. The largest absolute Gasteiger partial charge is 0.492 e. The quantitative estimate of drug-likeness (QED) is 0.593. The van der Waals surface area contributed by atoms with Crippen LogP contribution >= 0.6 is 0 Å². The van der Waals surface area contributed by atoms with E-state index in [1.54, 1.807) is 6.07 Å². The van der Waals surface area contributed by atoms with Crippen molar-refractivity contribution in [2.24, 2.45) is 0 Å². The second-order valence-corrected chi connectivity index (χ2v) is 4.02. The Kier molecular flexibility index (Phi) is 5.00. The van der Waals surface area contributed by atoms with Gasteiger partial charge in [-0.05, 0) is 31.2 Å². The molecule has 0 fully saturated rings. The van der Waals surface area contributed by atoms with Gasteiger partial charge in [-0.2, -0.15) is 0 Å². The van der Waals surface area contributed by atoms with E-state index in [2.05, 4.69) is 15.3 Å². The van der Waals surface area contributed by atoms with Gasteiger partial charge in [0.15, 0.2) is 0 Å². The molecule has 106 valence electrons. The Hall–Kier alpha value is -2.50. The minimum absolute atomic E-state index is 0.526. The summed E-state index contributed by atoms with van der Waals surface area (Å²) >= 11 is 0. The molecule has 0 atom stereocenters. The second kappa shape index (κ2) is 7.18. The third-order valence-corrected chi connectivity index (χ3v) is 2.49. The van der Waals surface area contributed by atoms with Gasteiger partial charge < -0.3 is 20.5 Å². The van der Waals surface area contributed by atoms with Gasteiger partial charge in [0.05, 0.1) is 13.2 Å². The van der Waals surface area contributed by atoms with Crippen LogP contribution in [0.3, 0.4) is 0 Å². The molecule has 6 nitrogen and oxygen atoms in total. The van der Waals surface area contributed by atoms with E-state index in [0.29, 0.717) is 31.5 Å². The summed E-state index contributed by atoms with van der Waals surface area (Å²) in [6.07, 6.45) is 1.47. The molecule has 1 heterocycles. The van der Waals surface area contributed by atoms with Crippen molar-refractivity contribution in [3.05, 3.63) is 36.7 Å². The molecular formula is C14H18N4O2. The lowest BCUT2D eigenvalue weighted by atomic mass is 10.3. The van der Waals surface area contributed by atoms with Crippen LogP contribution in [0.2, 0.25) is 0 Å². The fourth-order valence-electron chi connectivity index (χ4n) is 1.57. The summed E-state index contributed by atoms with van der Waals surface area (Å²) in [4.78, 5) is 8.10. The Morgan fingerprint density at radius 1 is 1.15 bits per heavy atom. The van der Waals surface area contributed by atoms with Crippen LogP contribution in [0.25, 0.3) is 0 Å². The number of nitrogens with zero attached hydrogens (tertiary/aromatic N) is 2. The second-order valence-electron chi connectivity index (χ2n) is 4.02. The van der Waals surface area contributed by atoms with Crippen LogP contribution < -0.4 is 20.5 Å². The van der Waals surface area contributed by atoms with E-state index in [1.807, 2.05) is 31.2 Å². The topological polar surface area (TPSA) is 82.3 Å². The van der Waals surface area contributed by atoms with Crippen molar-refractivity contribution in [2.45, 2.75) is 6.92 Å². The highest BCUT2D eigenvalue weighted by atomic mass is 16.5. The van der Waals surface area contributed by atoms with E-state index in [4.69, 9.17) is 15.2 Å². The summed E-state index contributed by atoms with van der Waals surface area (Å²) in [6.45, 7) is 3.65. The molecule has 0 bridgehead atoms. The number of hydrogen-bond acceptors (Lipinski definition) is 6. The highest BCUT2D eigenvalue weighted by Crippen LogP contribution is 2.13. The van der Waals surface area contributed by atoms with Crippen molar-refractivity contribution >= 4 is 11.5 Å². The Morgan fingerprint density at radius 2 is 1.95 bits per heavy atom. The van der Waals surface area contributed by atoms with Gasteiger partial charge in [-0.1, -0.05) is 0 Å². The molecule has 6 heteroatoms. The van der Waals surface area contributed by atoms with Crippen LogP contribution in [-0.2, 0) is 0 Å². The van der Waals surface area contributed by atoms with E-state index in [-0.39, 0.29) is 0 Å². The first kappa shape index (κ1) is 13.9. The highest BCUT2D eigenvalue weighted by molar-refractivity contribution is 5.41. The van der Waals surface area contributed by atoms with Crippen LogP contribution in [0.1, 0.15) is 6.92 Å². The molecule has 1 aromatic heterocycles. The molecule has 0 aliphatic heterocycles. The van der Waals surface area contributed by atoms with E-state index < -0.39 is 0 Å². The summed E-state index contributed by atoms with van der Waals surface area (Å²) in [5.41, 5.74) is 6.32. The Morgan fingerprint density at radius 3 is 2.70 bits per heavy atom. The molecule has 20 heavy (non-hydrogen) atoms. The Balaban J connectivity index is 1.75. The SMILES string of the molecule is CCOc1cc(NCCOc2ccc(N)cc2)ncn1. The van der Waals surface area contributed by atoms with E-state index in [0.717, 1.165) is 11.4 Å². The maximum absolute atomic E-state index is 5.60. The molecule has 0 spiro atoms.